The van der Waals surface area contributed by atoms with Gasteiger partial charge in [0, 0.05) is 6.20 Å². The summed E-state index contributed by atoms with van der Waals surface area (Å²) >= 11 is 5.48. The van der Waals surface area contributed by atoms with Gasteiger partial charge in [0.25, 0.3) is 5.24 Å². The Morgan fingerprint density at radius 3 is 2.53 bits per heavy atom. The Morgan fingerprint density at radius 2 is 1.94 bits per heavy atom. The van der Waals surface area contributed by atoms with Crippen LogP contribution in [0, 0.1) is 13.8 Å². The third kappa shape index (κ3) is 2.74. The van der Waals surface area contributed by atoms with Crippen LogP contribution in [0.3, 0.4) is 0 Å². The zero-order valence-corrected chi connectivity index (χ0v) is 10.5. The van der Waals surface area contributed by atoms with Crippen LogP contribution in [0.4, 0.5) is 0 Å². The van der Waals surface area contributed by atoms with Gasteiger partial charge in [-0.2, -0.15) is 5.10 Å². The lowest BCUT2D eigenvalue weighted by molar-refractivity contribution is 0.107. The van der Waals surface area contributed by atoms with E-state index in [4.69, 9.17) is 11.6 Å². The number of carbonyl (C=O) groups is 1. The molecular formula is C13H13ClN2O. The maximum Gasteiger partial charge on any atom is 0.270 e. The summed E-state index contributed by atoms with van der Waals surface area (Å²) in [6, 6.07) is 7.90. The van der Waals surface area contributed by atoms with Gasteiger partial charge in [-0.15, -0.1) is 0 Å². The molecule has 0 aliphatic rings. The van der Waals surface area contributed by atoms with Gasteiger partial charge in [-0.3, -0.25) is 9.48 Å². The number of nitrogens with zero attached hydrogens (tertiary/aromatic N) is 2. The van der Waals surface area contributed by atoms with Crippen molar-refractivity contribution in [2.75, 3.05) is 0 Å². The molecule has 0 aliphatic carbocycles. The van der Waals surface area contributed by atoms with Crippen LogP contribution < -0.4 is 0 Å². The Morgan fingerprint density at radius 1 is 1.29 bits per heavy atom. The summed E-state index contributed by atoms with van der Waals surface area (Å²) in [5, 5.41) is 3.62. The van der Waals surface area contributed by atoms with Gasteiger partial charge in [0.15, 0.2) is 0 Å². The van der Waals surface area contributed by atoms with Crippen LogP contribution in [-0.4, -0.2) is 15.0 Å². The molecule has 17 heavy (non-hydrogen) atoms. The largest absolute Gasteiger partial charge is 0.274 e. The van der Waals surface area contributed by atoms with Gasteiger partial charge in [0.05, 0.1) is 6.54 Å². The molecule has 88 valence electrons. The second-order valence-corrected chi connectivity index (χ2v) is 4.49. The maximum atomic E-state index is 11.2. The summed E-state index contributed by atoms with van der Waals surface area (Å²) < 4.78 is 1.61. The number of benzene rings is 1. The van der Waals surface area contributed by atoms with E-state index in [1.165, 1.54) is 11.1 Å². The van der Waals surface area contributed by atoms with E-state index >= 15 is 0 Å². The highest BCUT2D eigenvalue weighted by molar-refractivity contribution is 6.67. The fourth-order valence-corrected chi connectivity index (χ4v) is 2.12. The van der Waals surface area contributed by atoms with Crippen molar-refractivity contribution in [1.82, 2.24) is 9.78 Å². The molecule has 0 N–H and O–H groups in total. The summed E-state index contributed by atoms with van der Waals surface area (Å²) in [4.78, 5) is 11.2. The Kier molecular flexibility index (Phi) is 3.29. The third-order valence-electron chi connectivity index (χ3n) is 2.53. The first kappa shape index (κ1) is 11.9. The number of halogens is 1. The SMILES string of the molecule is Cc1cc(C)cc(Cn2nccc2C(=O)Cl)c1. The van der Waals surface area contributed by atoms with Crippen LogP contribution in [0.2, 0.25) is 0 Å². The van der Waals surface area contributed by atoms with Gasteiger partial charge in [0.1, 0.15) is 5.69 Å². The predicted octanol–water partition coefficient (Wildman–Crippen LogP) is 2.93. The van der Waals surface area contributed by atoms with Crippen molar-refractivity contribution in [3.63, 3.8) is 0 Å². The Balaban J connectivity index is 2.31. The quantitative estimate of drug-likeness (QED) is 0.783. The molecule has 0 atom stereocenters. The summed E-state index contributed by atoms with van der Waals surface area (Å²) in [6.45, 7) is 4.66. The molecule has 0 radical (unpaired) electrons. The summed E-state index contributed by atoms with van der Waals surface area (Å²) in [7, 11) is 0. The van der Waals surface area contributed by atoms with Crippen molar-refractivity contribution in [3.8, 4) is 0 Å². The zero-order chi connectivity index (χ0) is 12.4. The standard InChI is InChI=1S/C13H13ClN2O/c1-9-5-10(2)7-11(6-9)8-16-12(13(14)17)3-4-15-16/h3-7H,8H2,1-2H3. The second kappa shape index (κ2) is 4.72. The normalized spacial score (nSPS) is 10.5. The molecule has 0 aliphatic heterocycles. The fraction of sp³-hybridized carbons (Fsp3) is 0.231. The molecule has 0 fully saturated rings. The maximum absolute atomic E-state index is 11.2. The van der Waals surface area contributed by atoms with Crippen LogP contribution in [0.15, 0.2) is 30.5 Å². The highest BCUT2D eigenvalue weighted by atomic mass is 35.5. The van der Waals surface area contributed by atoms with Crippen molar-refractivity contribution >= 4 is 16.8 Å². The molecule has 0 unspecified atom stereocenters. The Labute approximate surface area is 105 Å². The molecule has 0 saturated carbocycles. The van der Waals surface area contributed by atoms with Crippen molar-refractivity contribution in [2.45, 2.75) is 20.4 Å². The van der Waals surface area contributed by atoms with Crippen LogP contribution in [0.1, 0.15) is 27.2 Å². The van der Waals surface area contributed by atoms with Crippen molar-refractivity contribution in [3.05, 3.63) is 52.8 Å². The first-order valence-electron chi connectivity index (χ1n) is 5.35. The molecule has 2 rings (SSSR count). The van der Waals surface area contributed by atoms with Crippen LogP contribution in [-0.2, 0) is 6.54 Å². The average Bonchev–Trinajstić information content (AvgIpc) is 2.63. The molecule has 1 aromatic carbocycles. The lowest BCUT2D eigenvalue weighted by Gasteiger charge is -2.07. The molecule has 0 saturated heterocycles. The highest BCUT2D eigenvalue weighted by Gasteiger charge is 2.09. The van der Waals surface area contributed by atoms with Crippen molar-refractivity contribution < 1.29 is 4.79 Å². The zero-order valence-electron chi connectivity index (χ0n) is 9.77. The number of rotatable bonds is 3. The van der Waals surface area contributed by atoms with E-state index in [1.807, 2.05) is 13.8 Å². The van der Waals surface area contributed by atoms with E-state index in [9.17, 15) is 4.79 Å². The minimum Gasteiger partial charge on any atom is -0.274 e. The van der Waals surface area contributed by atoms with E-state index in [-0.39, 0.29) is 0 Å². The minimum atomic E-state index is -0.480. The molecule has 1 heterocycles. The number of carbonyl (C=O) groups excluding carboxylic acids is 1. The lowest BCUT2D eigenvalue weighted by atomic mass is 10.1. The summed E-state index contributed by atoms with van der Waals surface area (Å²) in [5.41, 5.74) is 3.94. The van der Waals surface area contributed by atoms with Gasteiger partial charge in [-0.25, -0.2) is 0 Å². The number of aromatic nitrogens is 2. The molecule has 2 aromatic rings. The first-order valence-corrected chi connectivity index (χ1v) is 5.73. The summed E-state index contributed by atoms with van der Waals surface area (Å²) in [5.74, 6) is 0. The molecule has 4 heteroatoms. The van der Waals surface area contributed by atoms with Gasteiger partial charge in [-0.05, 0) is 37.1 Å². The fourth-order valence-electron chi connectivity index (χ4n) is 1.96. The van der Waals surface area contributed by atoms with E-state index in [0.29, 0.717) is 12.2 Å². The minimum absolute atomic E-state index is 0.422. The van der Waals surface area contributed by atoms with Crippen molar-refractivity contribution in [2.24, 2.45) is 0 Å². The van der Waals surface area contributed by atoms with E-state index < -0.39 is 5.24 Å². The lowest BCUT2D eigenvalue weighted by Crippen LogP contribution is -2.08. The topological polar surface area (TPSA) is 34.9 Å². The van der Waals surface area contributed by atoms with Crippen LogP contribution in [0.25, 0.3) is 0 Å². The van der Waals surface area contributed by atoms with Crippen molar-refractivity contribution in [1.29, 1.82) is 0 Å². The summed E-state index contributed by atoms with van der Waals surface area (Å²) in [6.07, 6.45) is 1.58. The molecule has 0 bridgehead atoms. The number of hydrogen-bond donors (Lipinski definition) is 0. The van der Waals surface area contributed by atoms with E-state index in [0.717, 1.165) is 5.56 Å². The molecule has 0 spiro atoms. The van der Waals surface area contributed by atoms with E-state index in [2.05, 4.69) is 23.3 Å². The Hall–Kier alpha value is -1.61. The molecule has 0 amide bonds. The van der Waals surface area contributed by atoms with Gasteiger partial charge >= 0.3 is 0 Å². The Bertz CT molecular complexity index is 540. The van der Waals surface area contributed by atoms with E-state index in [1.54, 1.807) is 16.9 Å². The average molecular weight is 249 g/mol. The van der Waals surface area contributed by atoms with Crippen LogP contribution >= 0.6 is 11.6 Å². The van der Waals surface area contributed by atoms with Gasteiger partial charge in [0.2, 0.25) is 0 Å². The second-order valence-electron chi connectivity index (χ2n) is 4.14. The number of aryl methyl sites for hydroxylation is 2. The monoisotopic (exact) mass is 248 g/mol. The predicted molar refractivity (Wildman–Crippen MR) is 67.4 cm³/mol. The van der Waals surface area contributed by atoms with Gasteiger partial charge < -0.3 is 0 Å². The highest BCUT2D eigenvalue weighted by Crippen LogP contribution is 2.12. The molecule has 3 nitrogen and oxygen atoms in total. The molecular weight excluding hydrogens is 236 g/mol. The smallest absolute Gasteiger partial charge is 0.270 e. The van der Waals surface area contributed by atoms with Crippen LogP contribution in [0.5, 0.6) is 0 Å². The first-order chi connectivity index (χ1) is 8.06. The third-order valence-corrected chi connectivity index (χ3v) is 2.73. The van der Waals surface area contributed by atoms with Gasteiger partial charge in [-0.1, -0.05) is 29.3 Å². The molecule has 1 aromatic heterocycles. The number of hydrogen-bond acceptors (Lipinski definition) is 2.